The van der Waals surface area contributed by atoms with Gasteiger partial charge in [0.05, 0.1) is 31.8 Å². The van der Waals surface area contributed by atoms with Crippen molar-refractivity contribution in [3.63, 3.8) is 0 Å². The van der Waals surface area contributed by atoms with Crippen molar-refractivity contribution >= 4 is 53.9 Å². The molecule has 0 spiro atoms. The zero-order chi connectivity index (χ0) is 34.4. The van der Waals surface area contributed by atoms with Crippen molar-refractivity contribution in [1.82, 2.24) is 19.9 Å². The Hall–Kier alpha value is -6.34. The maximum atomic E-state index is 5.14. The van der Waals surface area contributed by atoms with Gasteiger partial charge in [0.15, 0.2) is 5.82 Å². The fourth-order valence-electron chi connectivity index (χ4n) is 6.61. The van der Waals surface area contributed by atoms with Crippen molar-refractivity contribution in [3.8, 4) is 66.2 Å². The van der Waals surface area contributed by atoms with Crippen LogP contribution < -0.4 is 0 Å². The molecule has 0 saturated heterocycles. The van der Waals surface area contributed by atoms with Crippen LogP contribution in [0.5, 0.6) is 0 Å². The summed E-state index contributed by atoms with van der Waals surface area (Å²) in [7, 11) is 0. The predicted molar refractivity (Wildman–Crippen MR) is 219 cm³/mol. The summed E-state index contributed by atoms with van der Waals surface area (Å²) in [6, 6.07) is 59.4. The molecule has 52 heavy (non-hydrogen) atoms. The summed E-state index contributed by atoms with van der Waals surface area (Å²) >= 11 is 3.42. The van der Waals surface area contributed by atoms with Crippen LogP contribution in [0, 0.1) is 0 Å². The minimum atomic E-state index is 0.683. The Morgan fingerprint density at radius 2 is 0.750 bits per heavy atom. The summed E-state index contributed by atoms with van der Waals surface area (Å²) in [5, 5.41) is 4.49. The SMILES string of the molecule is c1ccc2cc(-c3ccc(-c4nc(-c5ccc(-c6nc7ccccc7s6)cc5)cc(-c5ccc(-c6nc7ccccc7s6)cc5)n4)cc3)ccc2c1. The molecule has 0 aliphatic carbocycles. The van der Waals surface area contributed by atoms with Gasteiger partial charge in [-0.15, -0.1) is 22.7 Å². The van der Waals surface area contributed by atoms with Gasteiger partial charge in [-0.05, 0) is 58.3 Å². The van der Waals surface area contributed by atoms with Crippen LogP contribution >= 0.6 is 22.7 Å². The number of benzene rings is 7. The van der Waals surface area contributed by atoms with Gasteiger partial charge in [-0.2, -0.15) is 0 Å². The van der Waals surface area contributed by atoms with E-state index in [9.17, 15) is 0 Å². The zero-order valence-electron chi connectivity index (χ0n) is 27.8. The maximum absolute atomic E-state index is 5.14. The standard InChI is InChI=1S/C46H28N4S2/c1-2-8-36-27-37(26-15-29(36)7-1)30-13-20-33(21-14-30)44-47-40(31-16-22-34(23-17-31)45-49-38-9-3-5-11-42(38)51-45)28-41(48-44)32-18-24-35(25-19-32)46-50-39-10-4-6-12-43(39)52-46/h1-28H. The minimum Gasteiger partial charge on any atom is -0.236 e. The Labute approximate surface area is 308 Å². The molecule has 10 aromatic rings. The Bertz CT molecular complexity index is 2690. The van der Waals surface area contributed by atoms with Crippen molar-refractivity contribution in [1.29, 1.82) is 0 Å². The van der Waals surface area contributed by atoms with Crippen LogP contribution in [0.4, 0.5) is 0 Å². The number of nitrogens with zero attached hydrogens (tertiary/aromatic N) is 4. The van der Waals surface area contributed by atoms with Crippen molar-refractivity contribution in [3.05, 3.63) is 170 Å². The molecule has 3 heterocycles. The molecule has 0 radical (unpaired) electrons. The first-order chi connectivity index (χ1) is 25.7. The topological polar surface area (TPSA) is 51.6 Å². The van der Waals surface area contributed by atoms with E-state index in [0.717, 1.165) is 65.8 Å². The lowest BCUT2D eigenvalue weighted by molar-refractivity contribution is 1.18. The molecule has 0 amide bonds. The van der Waals surface area contributed by atoms with Gasteiger partial charge in [0.1, 0.15) is 10.0 Å². The highest BCUT2D eigenvalue weighted by molar-refractivity contribution is 7.22. The van der Waals surface area contributed by atoms with Crippen LogP contribution in [0.25, 0.3) is 97.4 Å². The van der Waals surface area contributed by atoms with E-state index in [1.54, 1.807) is 22.7 Å². The van der Waals surface area contributed by atoms with Gasteiger partial charge in [0.25, 0.3) is 0 Å². The minimum absolute atomic E-state index is 0.683. The van der Waals surface area contributed by atoms with Crippen LogP contribution in [0.1, 0.15) is 0 Å². The van der Waals surface area contributed by atoms with Crippen LogP contribution in [-0.2, 0) is 0 Å². The van der Waals surface area contributed by atoms with Crippen molar-refractivity contribution in [2.75, 3.05) is 0 Å². The van der Waals surface area contributed by atoms with Gasteiger partial charge in [0, 0.05) is 27.8 Å². The lowest BCUT2D eigenvalue weighted by atomic mass is 10.00. The molecule has 4 nitrogen and oxygen atoms in total. The molecule has 0 saturated carbocycles. The molecule has 0 bridgehead atoms. The largest absolute Gasteiger partial charge is 0.236 e. The Morgan fingerprint density at radius 1 is 0.308 bits per heavy atom. The van der Waals surface area contributed by atoms with Crippen molar-refractivity contribution in [2.45, 2.75) is 0 Å². The quantitative estimate of drug-likeness (QED) is 0.173. The molecule has 244 valence electrons. The first-order valence-corrected chi connectivity index (χ1v) is 18.7. The third kappa shape index (κ3) is 5.74. The summed E-state index contributed by atoms with van der Waals surface area (Å²) in [5.74, 6) is 0.683. The molecule has 0 fully saturated rings. The number of aromatic nitrogens is 4. The lowest BCUT2D eigenvalue weighted by Crippen LogP contribution is -1.96. The second-order valence-corrected chi connectivity index (χ2v) is 14.8. The fourth-order valence-corrected chi connectivity index (χ4v) is 8.55. The number of hydrogen-bond acceptors (Lipinski definition) is 6. The second kappa shape index (κ2) is 12.8. The van der Waals surface area contributed by atoms with Gasteiger partial charge in [-0.3, -0.25) is 0 Å². The summed E-state index contributed by atoms with van der Waals surface area (Å²) in [6.45, 7) is 0. The molecule has 6 heteroatoms. The van der Waals surface area contributed by atoms with Crippen LogP contribution in [0.2, 0.25) is 0 Å². The van der Waals surface area contributed by atoms with E-state index in [4.69, 9.17) is 19.9 Å². The van der Waals surface area contributed by atoms with E-state index in [-0.39, 0.29) is 0 Å². The van der Waals surface area contributed by atoms with Crippen LogP contribution in [0.3, 0.4) is 0 Å². The van der Waals surface area contributed by atoms with Gasteiger partial charge in [-0.1, -0.05) is 133 Å². The monoisotopic (exact) mass is 700 g/mol. The van der Waals surface area contributed by atoms with E-state index in [2.05, 4.69) is 158 Å². The van der Waals surface area contributed by atoms with E-state index in [1.807, 2.05) is 12.1 Å². The highest BCUT2D eigenvalue weighted by atomic mass is 32.1. The third-order valence-electron chi connectivity index (χ3n) is 9.40. The van der Waals surface area contributed by atoms with Crippen LogP contribution in [0.15, 0.2) is 170 Å². The van der Waals surface area contributed by atoms with Gasteiger partial charge in [-0.25, -0.2) is 19.9 Å². The number of hydrogen-bond donors (Lipinski definition) is 0. The maximum Gasteiger partial charge on any atom is 0.160 e. The summed E-state index contributed by atoms with van der Waals surface area (Å²) in [4.78, 5) is 20.0. The molecule has 7 aromatic carbocycles. The van der Waals surface area contributed by atoms with E-state index in [0.29, 0.717) is 5.82 Å². The molecular formula is C46H28N4S2. The van der Waals surface area contributed by atoms with E-state index < -0.39 is 0 Å². The Morgan fingerprint density at radius 3 is 1.31 bits per heavy atom. The summed E-state index contributed by atoms with van der Waals surface area (Å²) in [6.07, 6.45) is 0. The lowest BCUT2D eigenvalue weighted by Gasteiger charge is -2.11. The highest BCUT2D eigenvalue weighted by Gasteiger charge is 2.14. The van der Waals surface area contributed by atoms with Crippen LogP contribution in [-0.4, -0.2) is 19.9 Å². The molecule has 0 atom stereocenters. The summed E-state index contributed by atoms with van der Waals surface area (Å²) < 4.78 is 2.37. The number of fused-ring (bicyclic) bond motifs is 3. The van der Waals surface area contributed by atoms with E-state index in [1.165, 1.54) is 25.7 Å². The second-order valence-electron chi connectivity index (χ2n) is 12.7. The fraction of sp³-hybridized carbons (Fsp3) is 0. The number of rotatable bonds is 6. The van der Waals surface area contributed by atoms with Gasteiger partial charge >= 0.3 is 0 Å². The number of thiazole rings is 2. The molecule has 0 N–H and O–H groups in total. The first-order valence-electron chi connectivity index (χ1n) is 17.1. The average molecular weight is 701 g/mol. The highest BCUT2D eigenvalue weighted by Crippen LogP contribution is 2.35. The third-order valence-corrected chi connectivity index (χ3v) is 11.6. The van der Waals surface area contributed by atoms with E-state index >= 15 is 0 Å². The van der Waals surface area contributed by atoms with Gasteiger partial charge in [0.2, 0.25) is 0 Å². The van der Waals surface area contributed by atoms with Crippen molar-refractivity contribution < 1.29 is 0 Å². The molecule has 0 aliphatic heterocycles. The zero-order valence-corrected chi connectivity index (χ0v) is 29.4. The molecular weight excluding hydrogens is 673 g/mol. The molecule has 3 aromatic heterocycles. The Balaban J connectivity index is 1.02. The average Bonchev–Trinajstić information content (AvgIpc) is 3.86. The summed E-state index contributed by atoms with van der Waals surface area (Å²) in [5.41, 5.74) is 11.3. The predicted octanol–water partition coefficient (Wildman–Crippen LogP) is 12.9. The molecule has 10 rings (SSSR count). The van der Waals surface area contributed by atoms with Crippen molar-refractivity contribution in [2.24, 2.45) is 0 Å². The van der Waals surface area contributed by atoms with Gasteiger partial charge < -0.3 is 0 Å². The smallest absolute Gasteiger partial charge is 0.160 e. The first kappa shape index (κ1) is 30.5. The molecule has 0 unspecified atom stereocenters. The normalized spacial score (nSPS) is 11.5. The molecule has 0 aliphatic rings. The Kier molecular flexibility index (Phi) is 7.48. The number of para-hydroxylation sites is 2.